The van der Waals surface area contributed by atoms with Gasteiger partial charge in [0.25, 0.3) is 0 Å². The third-order valence-electron chi connectivity index (χ3n) is 4.31. The molecule has 0 spiro atoms. The molecule has 0 amide bonds. The summed E-state index contributed by atoms with van der Waals surface area (Å²) >= 11 is 0. The molecular weight excluding hydrogens is 312 g/mol. The number of para-hydroxylation sites is 2. The van der Waals surface area contributed by atoms with E-state index in [4.69, 9.17) is 4.74 Å². The quantitative estimate of drug-likeness (QED) is 0.387. The average Bonchev–Trinajstić information content (AvgIpc) is 3.03. The van der Waals surface area contributed by atoms with Crippen LogP contribution < -0.4 is 4.74 Å². The molecule has 0 bridgehead atoms. The summed E-state index contributed by atoms with van der Waals surface area (Å²) in [6.45, 7) is 1.28. The number of aldehydes is 1. The predicted octanol–water partition coefficient (Wildman–Crippen LogP) is 4.47. The Morgan fingerprint density at radius 1 is 0.960 bits per heavy atom. The number of hydrogen-bond donors (Lipinski definition) is 0. The maximum Gasteiger partial charge on any atom is 0.185 e. The van der Waals surface area contributed by atoms with E-state index in [1.807, 2.05) is 47.0 Å². The van der Waals surface area contributed by atoms with Gasteiger partial charge in [-0.1, -0.05) is 42.5 Å². The molecule has 0 N–H and O–H groups in total. The molecule has 0 aliphatic rings. The monoisotopic (exact) mass is 330 g/mol. The van der Waals surface area contributed by atoms with Crippen LogP contribution in [0.2, 0.25) is 0 Å². The first kappa shape index (κ1) is 15.4. The summed E-state index contributed by atoms with van der Waals surface area (Å²) in [5.41, 5.74) is 1.83. The number of rotatable bonds is 6. The minimum absolute atomic E-state index is 0.465. The van der Waals surface area contributed by atoms with Crippen LogP contribution in [0.5, 0.6) is 5.75 Å². The number of aromatic nitrogens is 2. The van der Waals surface area contributed by atoms with E-state index in [-0.39, 0.29) is 0 Å². The van der Waals surface area contributed by atoms with Gasteiger partial charge in [-0.2, -0.15) is 0 Å². The van der Waals surface area contributed by atoms with Gasteiger partial charge in [0.15, 0.2) is 12.1 Å². The number of nitrogens with zero attached hydrogens (tertiary/aromatic N) is 2. The van der Waals surface area contributed by atoms with Crippen LogP contribution in [0.1, 0.15) is 17.0 Å². The second kappa shape index (κ2) is 6.77. The number of aryl methyl sites for hydroxylation is 1. The van der Waals surface area contributed by atoms with E-state index in [1.165, 1.54) is 10.8 Å². The van der Waals surface area contributed by atoms with Gasteiger partial charge in [-0.25, -0.2) is 4.98 Å². The van der Waals surface area contributed by atoms with Gasteiger partial charge in [0.1, 0.15) is 5.75 Å². The fourth-order valence-electron chi connectivity index (χ4n) is 3.09. The topological polar surface area (TPSA) is 44.1 Å². The standard InChI is InChI=1S/C21H18N2O2/c24-15-21-22-19-8-3-4-9-20(19)23(21)12-5-13-25-18-11-10-16-6-1-2-7-17(16)14-18/h1-4,6-11,14-15H,5,12-13H2. The summed E-state index contributed by atoms with van der Waals surface area (Å²) in [5, 5.41) is 2.37. The first-order valence-corrected chi connectivity index (χ1v) is 8.37. The molecule has 0 unspecified atom stereocenters. The van der Waals surface area contributed by atoms with Crippen LogP contribution in [-0.2, 0) is 6.54 Å². The molecule has 0 saturated heterocycles. The highest BCUT2D eigenvalue weighted by molar-refractivity contribution is 5.84. The van der Waals surface area contributed by atoms with E-state index in [0.29, 0.717) is 19.0 Å². The summed E-state index contributed by atoms with van der Waals surface area (Å²) in [4.78, 5) is 15.6. The SMILES string of the molecule is O=Cc1nc2ccccc2n1CCCOc1ccc2ccccc2c1. The van der Waals surface area contributed by atoms with Gasteiger partial charge < -0.3 is 9.30 Å². The van der Waals surface area contributed by atoms with Gasteiger partial charge in [-0.15, -0.1) is 0 Å². The van der Waals surface area contributed by atoms with Crippen molar-refractivity contribution in [1.82, 2.24) is 9.55 Å². The number of carbonyl (C=O) groups is 1. The van der Waals surface area contributed by atoms with Crippen LogP contribution in [0.15, 0.2) is 66.7 Å². The lowest BCUT2D eigenvalue weighted by Gasteiger charge is -2.09. The van der Waals surface area contributed by atoms with Crippen molar-refractivity contribution in [2.45, 2.75) is 13.0 Å². The Bertz CT molecular complexity index is 1040. The van der Waals surface area contributed by atoms with E-state index < -0.39 is 0 Å². The zero-order valence-electron chi connectivity index (χ0n) is 13.8. The Labute approximate surface area is 145 Å². The van der Waals surface area contributed by atoms with Gasteiger partial charge in [0.2, 0.25) is 0 Å². The Kier molecular flexibility index (Phi) is 4.17. The molecule has 3 aromatic carbocycles. The normalized spacial score (nSPS) is 11.0. The lowest BCUT2D eigenvalue weighted by atomic mass is 10.1. The summed E-state index contributed by atoms with van der Waals surface area (Å²) in [6, 6.07) is 22.1. The maximum absolute atomic E-state index is 11.3. The number of fused-ring (bicyclic) bond motifs is 2. The zero-order chi connectivity index (χ0) is 17.1. The smallest absolute Gasteiger partial charge is 0.185 e. The average molecular weight is 330 g/mol. The van der Waals surface area contributed by atoms with E-state index in [1.54, 1.807) is 0 Å². The lowest BCUT2D eigenvalue weighted by Crippen LogP contribution is -2.07. The molecule has 0 saturated carbocycles. The fourth-order valence-corrected chi connectivity index (χ4v) is 3.09. The highest BCUT2D eigenvalue weighted by Crippen LogP contribution is 2.21. The van der Waals surface area contributed by atoms with Crippen LogP contribution in [-0.4, -0.2) is 22.4 Å². The van der Waals surface area contributed by atoms with Crippen molar-refractivity contribution in [3.8, 4) is 5.75 Å². The van der Waals surface area contributed by atoms with Crippen molar-refractivity contribution in [3.05, 3.63) is 72.6 Å². The van der Waals surface area contributed by atoms with Gasteiger partial charge >= 0.3 is 0 Å². The largest absolute Gasteiger partial charge is 0.494 e. The van der Waals surface area contributed by atoms with E-state index in [2.05, 4.69) is 29.2 Å². The van der Waals surface area contributed by atoms with Gasteiger partial charge in [-0.05, 0) is 41.5 Å². The molecule has 0 atom stereocenters. The fraction of sp³-hybridized carbons (Fsp3) is 0.143. The first-order valence-electron chi connectivity index (χ1n) is 8.37. The highest BCUT2D eigenvalue weighted by Gasteiger charge is 2.09. The van der Waals surface area contributed by atoms with Crippen molar-refractivity contribution in [3.63, 3.8) is 0 Å². The van der Waals surface area contributed by atoms with Gasteiger partial charge in [0.05, 0.1) is 17.6 Å². The van der Waals surface area contributed by atoms with Gasteiger partial charge in [-0.3, -0.25) is 4.79 Å². The number of benzene rings is 3. The molecule has 25 heavy (non-hydrogen) atoms. The zero-order valence-corrected chi connectivity index (χ0v) is 13.8. The molecule has 0 aliphatic carbocycles. The summed E-state index contributed by atoms with van der Waals surface area (Å²) in [6.07, 6.45) is 1.61. The molecule has 4 aromatic rings. The maximum atomic E-state index is 11.3. The van der Waals surface area contributed by atoms with E-state index >= 15 is 0 Å². The summed E-state index contributed by atoms with van der Waals surface area (Å²) < 4.78 is 7.83. The van der Waals surface area contributed by atoms with Crippen LogP contribution in [0, 0.1) is 0 Å². The van der Waals surface area contributed by atoms with E-state index in [0.717, 1.165) is 29.5 Å². The number of hydrogen-bond acceptors (Lipinski definition) is 3. The molecule has 124 valence electrons. The number of imidazole rings is 1. The molecule has 4 rings (SSSR count). The molecule has 0 fully saturated rings. The molecule has 0 radical (unpaired) electrons. The molecule has 0 aliphatic heterocycles. The highest BCUT2D eigenvalue weighted by atomic mass is 16.5. The Balaban J connectivity index is 1.43. The predicted molar refractivity (Wildman–Crippen MR) is 99.2 cm³/mol. The minimum Gasteiger partial charge on any atom is -0.494 e. The van der Waals surface area contributed by atoms with E-state index in [9.17, 15) is 4.79 Å². The third-order valence-corrected chi connectivity index (χ3v) is 4.31. The Morgan fingerprint density at radius 3 is 2.64 bits per heavy atom. The van der Waals surface area contributed by atoms with Gasteiger partial charge in [0, 0.05) is 6.54 Å². The van der Waals surface area contributed by atoms with Crippen molar-refractivity contribution in [2.75, 3.05) is 6.61 Å². The molecule has 4 nitrogen and oxygen atoms in total. The van der Waals surface area contributed by atoms with Crippen molar-refractivity contribution >= 4 is 28.1 Å². The summed E-state index contributed by atoms with van der Waals surface area (Å²) in [5.74, 6) is 1.33. The van der Waals surface area contributed by atoms with Crippen LogP contribution in [0.25, 0.3) is 21.8 Å². The van der Waals surface area contributed by atoms with Crippen molar-refractivity contribution < 1.29 is 9.53 Å². The van der Waals surface area contributed by atoms with Crippen LogP contribution in [0.3, 0.4) is 0 Å². The lowest BCUT2D eigenvalue weighted by molar-refractivity contribution is 0.111. The van der Waals surface area contributed by atoms with Crippen LogP contribution in [0.4, 0.5) is 0 Å². The number of carbonyl (C=O) groups excluding carboxylic acids is 1. The second-order valence-corrected chi connectivity index (χ2v) is 5.94. The van der Waals surface area contributed by atoms with Crippen LogP contribution >= 0.6 is 0 Å². The molecule has 1 heterocycles. The molecular formula is C21H18N2O2. The Hall–Kier alpha value is -3.14. The minimum atomic E-state index is 0.465. The van der Waals surface area contributed by atoms with Crippen molar-refractivity contribution in [1.29, 1.82) is 0 Å². The first-order chi connectivity index (χ1) is 12.3. The Morgan fingerprint density at radius 2 is 1.76 bits per heavy atom. The molecule has 1 aromatic heterocycles. The molecule has 4 heteroatoms. The number of ether oxygens (including phenoxy) is 1. The third kappa shape index (κ3) is 3.11. The van der Waals surface area contributed by atoms with Crippen molar-refractivity contribution in [2.24, 2.45) is 0 Å². The second-order valence-electron chi connectivity index (χ2n) is 5.94. The summed E-state index contributed by atoms with van der Waals surface area (Å²) in [7, 11) is 0.